The van der Waals surface area contributed by atoms with Gasteiger partial charge in [0.25, 0.3) is 5.91 Å². The fourth-order valence-electron chi connectivity index (χ4n) is 3.81. The standard InChI is InChI=1S/C22H21Cl2N3O2/c1-12-3-5-19-15(7-12)16-10-14(4-6-20(16)26-19)22(28)27-25-11-13-8-17(23)21(29-2)18(24)9-13/h4,6,8-12,26H,3,5,7H2,1-2H3,(H,27,28)/b25-11-. The van der Waals surface area contributed by atoms with Crippen molar-refractivity contribution in [2.24, 2.45) is 11.0 Å². The lowest BCUT2D eigenvalue weighted by Gasteiger charge is -2.18. The Labute approximate surface area is 179 Å². The van der Waals surface area contributed by atoms with Crippen molar-refractivity contribution in [1.82, 2.24) is 10.4 Å². The van der Waals surface area contributed by atoms with Crippen molar-refractivity contribution in [2.45, 2.75) is 26.2 Å². The number of nitrogens with zero attached hydrogens (tertiary/aromatic N) is 1. The van der Waals surface area contributed by atoms with Crippen LogP contribution < -0.4 is 10.2 Å². The van der Waals surface area contributed by atoms with Crippen LogP contribution in [0.1, 0.15) is 40.5 Å². The number of rotatable bonds is 4. The number of aromatic amines is 1. The molecule has 2 N–H and O–H groups in total. The maximum absolute atomic E-state index is 12.6. The quantitative estimate of drug-likeness (QED) is 0.432. The molecule has 150 valence electrons. The monoisotopic (exact) mass is 429 g/mol. The van der Waals surface area contributed by atoms with Crippen molar-refractivity contribution in [3.05, 3.63) is 62.8 Å². The Hall–Kier alpha value is -2.50. The maximum Gasteiger partial charge on any atom is 0.271 e. The normalized spacial score (nSPS) is 16.2. The summed E-state index contributed by atoms with van der Waals surface area (Å²) in [5.41, 5.74) is 7.49. The number of ether oxygens (including phenoxy) is 1. The number of carbonyl (C=O) groups is 1. The van der Waals surface area contributed by atoms with Gasteiger partial charge in [-0.3, -0.25) is 4.79 Å². The van der Waals surface area contributed by atoms with Gasteiger partial charge in [0.1, 0.15) is 0 Å². The van der Waals surface area contributed by atoms with E-state index in [9.17, 15) is 4.79 Å². The van der Waals surface area contributed by atoms with E-state index >= 15 is 0 Å². The molecule has 1 heterocycles. The Morgan fingerprint density at radius 2 is 2.03 bits per heavy atom. The van der Waals surface area contributed by atoms with Gasteiger partial charge in [0, 0.05) is 22.2 Å². The van der Waals surface area contributed by atoms with Crippen molar-refractivity contribution in [1.29, 1.82) is 0 Å². The molecule has 7 heteroatoms. The summed E-state index contributed by atoms with van der Waals surface area (Å²) in [7, 11) is 1.50. The number of fused-ring (bicyclic) bond motifs is 3. The number of hydrogen-bond acceptors (Lipinski definition) is 3. The summed E-state index contributed by atoms with van der Waals surface area (Å²) >= 11 is 12.2. The molecule has 1 unspecified atom stereocenters. The van der Waals surface area contributed by atoms with E-state index in [-0.39, 0.29) is 5.91 Å². The number of aryl methyl sites for hydroxylation is 1. The molecular formula is C22H21Cl2N3O2. The van der Waals surface area contributed by atoms with Crippen LogP contribution in [0.2, 0.25) is 10.0 Å². The Bertz CT molecular complexity index is 1100. The van der Waals surface area contributed by atoms with Crippen LogP contribution in [0.5, 0.6) is 5.75 Å². The molecule has 2 aromatic carbocycles. The molecular weight excluding hydrogens is 409 g/mol. The highest BCUT2D eigenvalue weighted by Gasteiger charge is 2.20. The SMILES string of the molecule is COc1c(Cl)cc(/C=N\NC(=O)c2ccc3[nH]c4c(c3c2)CC(C)CC4)cc1Cl. The first-order chi connectivity index (χ1) is 14.0. The van der Waals surface area contributed by atoms with E-state index in [1.165, 1.54) is 31.0 Å². The van der Waals surface area contributed by atoms with Gasteiger partial charge in [-0.25, -0.2) is 5.43 Å². The average Bonchev–Trinajstić information content (AvgIpc) is 3.05. The molecule has 1 aromatic heterocycles. The molecule has 1 aliphatic rings. The largest absolute Gasteiger partial charge is 0.494 e. The van der Waals surface area contributed by atoms with E-state index in [2.05, 4.69) is 22.4 Å². The van der Waals surface area contributed by atoms with Crippen molar-refractivity contribution in [2.75, 3.05) is 7.11 Å². The lowest BCUT2D eigenvalue weighted by atomic mass is 9.87. The van der Waals surface area contributed by atoms with Gasteiger partial charge in [-0.05, 0) is 66.6 Å². The van der Waals surface area contributed by atoms with E-state index in [0.29, 0.717) is 32.8 Å². The van der Waals surface area contributed by atoms with Crippen molar-refractivity contribution >= 4 is 46.2 Å². The van der Waals surface area contributed by atoms with Gasteiger partial charge in [0.15, 0.2) is 5.75 Å². The minimum absolute atomic E-state index is 0.271. The Morgan fingerprint density at radius 3 is 2.76 bits per heavy atom. The Kier molecular flexibility index (Phi) is 5.52. The fourth-order valence-corrected chi connectivity index (χ4v) is 4.47. The van der Waals surface area contributed by atoms with Crippen LogP contribution >= 0.6 is 23.2 Å². The van der Waals surface area contributed by atoms with E-state index in [1.807, 2.05) is 12.1 Å². The summed E-state index contributed by atoms with van der Waals surface area (Å²) < 4.78 is 5.13. The molecule has 1 atom stereocenters. The summed E-state index contributed by atoms with van der Waals surface area (Å²) in [4.78, 5) is 16.1. The van der Waals surface area contributed by atoms with Gasteiger partial charge in [-0.2, -0.15) is 5.10 Å². The second-order valence-corrected chi connectivity index (χ2v) is 8.22. The van der Waals surface area contributed by atoms with Crippen LogP contribution in [0.25, 0.3) is 10.9 Å². The van der Waals surface area contributed by atoms with Crippen molar-refractivity contribution in [3.8, 4) is 5.75 Å². The summed E-state index contributed by atoms with van der Waals surface area (Å²) in [5, 5.41) is 5.91. The second-order valence-electron chi connectivity index (χ2n) is 7.41. The first-order valence-electron chi connectivity index (χ1n) is 9.46. The number of benzene rings is 2. The molecule has 4 rings (SSSR count). The van der Waals surface area contributed by atoms with Crippen molar-refractivity contribution in [3.63, 3.8) is 0 Å². The molecule has 0 saturated heterocycles. The van der Waals surface area contributed by atoms with Crippen LogP contribution in [-0.4, -0.2) is 24.2 Å². The van der Waals surface area contributed by atoms with Gasteiger partial charge in [0.2, 0.25) is 0 Å². The van der Waals surface area contributed by atoms with Crippen LogP contribution in [-0.2, 0) is 12.8 Å². The predicted octanol–water partition coefficient (Wildman–Crippen LogP) is 5.37. The molecule has 1 amide bonds. The maximum atomic E-state index is 12.6. The molecule has 1 aliphatic carbocycles. The minimum Gasteiger partial charge on any atom is -0.494 e. The van der Waals surface area contributed by atoms with E-state index in [4.69, 9.17) is 27.9 Å². The van der Waals surface area contributed by atoms with E-state index in [0.717, 1.165) is 23.7 Å². The number of amides is 1. The number of halogens is 2. The first kappa shape index (κ1) is 19.8. The third-order valence-electron chi connectivity index (χ3n) is 5.30. The van der Waals surface area contributed by atoms with E-state index < -0.39 is 0 Å². The second kappa shape index (κ2) is 8.09. The molecule has 0 aliphatic heterocycles. The summed E-state index contributed by atoms with van der Waals surface area (Å²) in [5.74, 6) is 0.798. The lowest BCUT2D eigenvalue weighted by Crippen LogP contribution is -2.17. The fraction of sp³-hybridized carbons (Fsp3) is 0.273. The number of H-pyrrole nitrogens is 1. The third kappa shape index (κ3) is 3.98. The van der Waals surface area contributed by atoms with Gasteiger partial charge in [-0.1, -0.05) is 30.1 Å². The van der Waals surface area contributed by atoms with E-state index in [1.54, 1.807) is 18.2 Å². The number of nitrogens with one attached hydrogen (secondary N) is 2. The average molecular weight is 430 g/mol. The highest BCUT2D eigenvalue weighted by molar-refractivity contribution is 6.37. The number of hydrazone groups is 1. The zero-order valence-electron chi connectivity index (χ0n) is 16.2. The zero-order chi connectivity index (χ0) is 20.5. The summed E-state index contributed by atoms with van der Waals surface area (Å²) in [6, 6.07) is 9.04. The first-order valence-corrected chi connectivity index (χ1v) is 10.2. The highest BCUT2D eigenvalue weighted by Crippen LogP contribution is 2.34. The number of hydrogen-bond donors (Lipinski definition) is 2. The van der Waals surface area contributed by atoms with Gasteiger partial charge in [0.05, 0.1) is 23.4 Å². The number of methoxy groups -OCH3 is 1. The minimum atomic E-state index is -0.271. The molecule has 0 saturated carbocycles. The molecule has 5 nitrogen and oxygen atoms in total. The molecule has 29 heavy (non-hydrogen) atoms. The van der Waals surface area contributed by atoms with Crippen LogP contribution in [0, 0.1) is 5.92 Å². The summed E-state index contributed by atoms with van der Waals surface area (Å²) in [6.45, 7) is 2.27. The van der Waals surface area contributed by atoms with Gasteiger partial charge < -0.3 is 9.72 Å². The Balaban J connectivity index is 1.52. The Morgan fingerprint density at radius 1 is 1.28 bits per heavy atom. The summed E-state index contributed by atoms with van der Waals surface area (Å²) in [6.07, 6.45) is 4.79. The number of aromatic nitrogens is 1. The van der Waals surface area contributed by atoms with Crippen LogP contribution in [0.4, 0.5) is 0 Å². The molecule has 0 spiro atoms. The lowest BCUT2D eigenvalue weighted by molar-refractivity contribution is 0.0955. The highest BCUT2D eigenvalue weighted by atomic mass is 35.5. The smallest absolute Gasteiger partial charge is 0.271 e. The topological polar surface area (TPSA) is 66.5 Å². The third-order valence-corrected chi connectivity index (χ3v) is 5.86. The molecule has 0 radical (unpaired) electrons. The molecule has 0 fully saturated rings. The predicted molar refractivity (Wildman–Crippen MR) is 118 cm³/mol. The molecule has 0 bridgehead atoms. The molecule has 3 aromatic rings. The van der Waals surface area contributed by atoms with Gasteiger partial charge in [-0.15, -0.1) is 0 Å². The van der Waals surface area contributed by atoms with Gasteiger partial charge >= 0.3 is 0 Å². The van der Waals surface area contributed by atoms with Crippen LogP contribution in [0.3, 0.4) is 0 Å². The number of carbonyl (C=O) groups excluding carboxylic acids is 1. The van der Waals surface area contributed by atoms with Crippen molar-refractivity contribution < 1.29 is 9.53 Å². The zero-order valence-corrected chi connectivity index (χ0v) is 17.7. The van der Waals surface area contributed by atoms with Crippen LogP contribution in [0.15, 0.2) is 35.4 Å².